The molecule has 1 amide bonds. The lowest BCUT2D eigenvalue weighted by molar-refractivity contribution is -0.118. The Labute approximate surface area is 133 Å². The summed E-state index contributed by atoms with van der Waals surface area (Å²) in [4.78, 5) is 27.6. The number of carbonyl (C=O) groups is 2. The summed E-state index contributed by atoms with van der Waals surface area (Å²) in [6.45, 7) is 1.70. The molecule has 0 N–H and O–H groups in total. The van der Waals surface area contributed by atoms with Gasteiger partial charge in [0.05, 0.1) is 0 Å². The van der Waals surface area contributed by atoms with E-state index < -0.39 is 11.7 Å². The highest BCUT2D eigenvalue weighted by molar-refractivity contribution is 6.45. The number of benzene rings is 1. The molecule has 0 bridgehead atoms. The van der Waals surface area contributed by atoms with Gasteiger partial charge in [-0.15, -0.1) is 6.42 Å². The van der Waals surface area contributed by atoms with Crippen molar-refractivity contribution in [3.8, 4) is 18.1 Å². The van der Waals surface area contributed by atoms with Crippen LogP contribution in [0.1, 0.15) is 6.92 Å². The summed E-state index contributed by atoms with van der Waals surface area (Å²) in [7, 11) is 0. The molecule has 0 unspecified atom stereocenters. The fraction of sp³-hybridized carbons (Fsp3) is 0.0556. The van der Waals surface area contributed by atoms with Crippen molar-refractivity contribution in [3.05, 3.63) is 66.2 Å². The van der Waals surface area contributed by atoms with Crippen LogP contribution in [0.2, 0.25) is 0 Å². The number of hydrogen-bond donors (Lipinski definition) is 0. The van der Waals surface area contributed by atoms with Crippen LogP contribution < -0.4 is 4.74 Å². The van der Waals surface area contributed by atoms with E-state index in [-0.39, 0.29) is 11.7 Å². The fourth-order valence-corrected chi connectivity index (χ4v) is 1.64. The van der Waals surface area contributed by atoms with Crippen LogP contribution in [-0.2, 0) is 14.3 Å². The van der Waals surface area contributed by atoms with Gasteiger partial charge in [-0.3, -0.25) is 9.59 Å². The summed E-state index contributed by atoms with van der Waals surface area (Å²) in [5, 5.41) is 0. The van der Waals surface area contributed by atoms with Crippen LogP contribution in [0.25, 0.3) is 0 Å². The highest BCUT2D eigenvalue weighted by Crippen LogP contribution is 2.17. The minimum Gasteiger partial charge on any atom is -0.451 e. The van der Waals surface area contributed by atoms with Crippen LogP contribution in [0.4, 0.5) is 0 Å². The molecule has 5 heteroatoms. The van der Waals surface area contributed by atoms with Crippen molar-refractivity contribution in [1.29, 1.82) is 0 Å². The SMILES string of the molecule is C#C/C=C\C(=C/C)OC1=NC(=O)C(Oc2ccccc2)=CC1=O. The Morgan fingerprint density at radius 2 is 2.00 bits per heavy atom. The Bertz CT molecular complexity index is 777. The average Bonchev–Trinajstić information content (AvgIpc) is 2.56. The molecule has 1 aliphatic heterocycles. The third-order valence-corrected chi connectivity index (χ3v) is 2.70. The molecule has 0 radical (unpaired) electrons. The molecular formula is C18H13NO4. The number of dihydropyridines is 1. The van der Waals surface area contributed by atoms with E-state index >= 15 is 0 Å². The Morgan fingerprint density at radius 1 is 1.26 bits per heavy atom. The first-order valence-corrected chi connectivity index (χ1v) is 6.73. The number of allylic oxidation sites excluding steroid dienone is 3. The second-order valence-corrected chi connectivity index (χ2v) is 4.30. The quantitative estimate of drug-likeness (QED) is 0.487. The van der Waals surface area contributed by atoms with Gasteiger partial charge in [0.25, 0.3) is 5.90 Å². The molecule has 23 heavy (non-hydrogen) atoms. The van der Waals surface area contributed by atoms with Gasteiger partial charge in [0, 0.05) is 6.08 Å². The van der Waals surface area contributed by atoms with Crippen molar-refractivity contribution >= 4 is 17.6 Å². The molecule has 1 heterocycles. The van der Waals surface area contributed by atoms with Crippen molar-refractivity contribution in [2.75, 3.05) is 0 Å². The van der Waals surface area contributed by atoms with Gasteiger partial charge in [-0.1, -0.05) is 24.1 Å². The van der Waals surface area contributed by atoms with E-state index in [1.165, 1.54) is 12.2 Å². The molecule has 1 aromatic rings. The van der Waals surface area contributed by atoms with Crippen LogP contribution in [0.5, 0.6) is 5.75 Å². The van der Waals surface area contributed by atoms with E-state index in [4.69, 9.17) is 15.9 Å². The lowest BCUT2D eigenvalue weighted by Crippen LogP contribution is -2.25. The molecule has 1 aromatic carbocycles. The maximum absolute atomic E-state index is 12.0. The Morgan fingerprint density at radius 3 is 2.65 bits per heavy atom. The minimum atomic E-state index is -0.695. The number of nitrogens with zero attached hydrogens (tertiary/aromatic N) is 1. The molecule has 0 aromatic heterocycles. The number of ketones is 1. The van der Waals surface area contributed by atoms with Gasteiger partial charge in [0.1, 0.15) is 11.5 Å². The van der Waals surface area contributed by atoms with Crippen molar-refractivity contribution < 1.29 is 19.1 Å². The molecule has 0 atom stereocenters. The summed E-state index contributed by atoms with van der Waals surface area (Å²) >= 11 is 0. The lowest BCUT2D eigenvalue weighted by Gasteiger charge is -2.13. The normalized spacial score (nSPS) is 15.0. The highest BCUT2D eigenvalue weighted by atomic mass is 16.5. The van der Waals surface area contributed by atoms with Crippen LogP contribution in [0.3, 0.4) is 0 Å². The first kappa shape index (κ1) is 16.0. The second-order valence-electron chi connectivity index (χ2n) is 4.30. The van der Waals surface area contributed by atoms with E-state index in [1.54, 1.807) is 37.3 Å². The fourth-order valence-electron chi connectivity index (χ4n) is 1.64. The first-order chi connectivity index (χ1) is 11.1. The topological polar surface area (TPSA) is 65.0 Å². The number of amides is 1. The number of hydrogen-bond acceptors (Lipinski definition) is 4. The van der Waals surface area contributed by atoms with Gasteiger partial charge in [-0.25, -0.2) is 0 Å². The number of ether oxygens (including phenoxy) is 2. The molecule has 0 saturated carbocycles. The number of rotatable bonds is 4. The zero-order valence-corrected chi connectivity index (χ0v) is 12.4. The molecule has 1 aliphatic rings. The molecule has 0 aliphatic carbocycles. The second kappa shape index (κ2) is 7.57. The number of aliphatic imine (C=N–C) groups is 1. The summed E-state index contributed by atoms with van der Waals surface area (Å²) in [6, 6.07) is 8.63. The monoisotopic (exact) mass is 307 g/mol. The van der Waals surface area contributed by atoms with Crippen molar-refractivity contribution in [2.24, 2.45) is 4.99 Å². The van der Waals surface area contributed by atoms with E-state index in [0.29, 0.717) is 11.5 Å². The van der Waals surface area contributed by atoms with E-state index in [1.807, 2.05) is 6.07 Å². The van der Waals surface area contributed by atoms with Gasteiger partial charge >= 0.3 is 5.91 Å². The maximum Gasteiger partial charge on any atom is 0.316 e. The van der Waals surface area contributed by atoms with Gasteiger partial charge < -0.3 is 9.47 Å². The van der Waals surface area contributed by atoms with Crippen LogP contribution in [0, 0.1) is 12.3 Å². The summed E-state index contributed by atoms with van der Waals surface area (Å²) in [5.74, 6) is 1.30. The Kier molecular flexibility index (Phi) is 5.26. The van der Waals surface area contributed by atoms with Crippen LogP contribution in [-0.4, -0.2) is 17.6 Å². The third-order valence-electron chi connectivity index (χ3n) is 2.70. The van der Waals surface area contributed by atoms with Crippen LogP contribution in [0.15, 0.2) is 71.1 Å². The Hall–Kier alpha value is -3.39. The summed E-state index contributed by atoms with van der Waals surface area (Å²) in [6.07, 6.45) is 10.6. The average molecular weight is 307 g/mol. The predicted octanol–water partition coefficient (Wildman–Crippen LogP) is 2.57. The molecule has 0 saturated heterocycles. The smallest absolute Gasteiger partial charge is 0.316 e. The zero-order chi connectivity index (χ0) is 16.7. The molecule has 114 valence electrons. The van der Waals surface area contributed by atoms with Crippen molar-refractivity contribution in [2.45, 2.75) is 6.92 Å². The molecule has 0 spiro atoms. The predicted molar refractivity (Wildman–Crippen MR) is 85.4 cm³/mol. The summed E-state index contributed by atoms with van der Waals surface area (Å²) < 4.78 is 10.6. The van der Waals surface area contributed by atoms with E-state index in [0.717, 1.165) is 6.08 Å². The third kappa shape index (κ3) is 4.29. The Balaban J connectivity index is 2.12. The first-order valence-electron chi connectivity index (χ1n) is 6.73. The lowest BCUT2D eigenvalue weighted by atomic mass is 10.2. The standard InChI is InChI=1S/C18H13NO4/c1-3-5-9-13(4-2)23-18-15(20)12-16(17(21)19-18)22-14-10-7-6-8-11-14/h1,4-12H,2H3/b9-5-,13-4+. The zero-order valence-electron chi connectivity index (χ0n) is 12.4. The number of terminal acetylenes is 1. The van der Waals surface area contributed by atoms with Gasteiger partial charge in [0.15, 0.2) is 5.76 Å². The maximum atomic E-state index is 12.0. The van der Waals surface area contributed by atoms with Gasteiger partial charge in [-0.2, -0.15) is 4.99 Å². The number of carbonyl (C=O) groups excluding carboxylic acids is 2. The van der Waals surface area contributed by atoms with E-state index in [2.05, 4.69) is 10.9 Å². The molecule has 5 nitrogen and oxygen atoms in total. The summed E-state index contributed by atoms with van der Waals surface area (Å²) in [5.41, 5.74) is 0. The minimum absolute atomic E-state index is 0.158. The van der Waals surface area contributed by atoms with E-state index in [9.17, 15) is 9.59 Å². The van der Waals surface area contributed by atoms with Crippen LogP contribution >= 0.6 is 0 Å². The number of para-hydroxylation sites is 1. The van der Waals surface area contributed by atoms with Gasteiger partial charge in [0.2, 0.25) is 5.78 Å². The van der Waals surface area contributed by atoms with Gasteiger partial charge in [-0.05, 0) is 37.3 Å². The highest BCUT2D eigenvalue weighted by Gasteiger charge is 2.25. The van der Waals surface area contributed by atoms with Crippen molar-refractivity contribution in [3.63, 3.8) is 0 Å². The molecular weight excluding hydrogens is 294 g/mol. The largest absolute Gasteiger partial charge is 0.451 e. The van der Waals surface area contributed by atoms with Crippen molar-refractivity contribution in [1.82, 2.24) is 0 Å². The molecule has 2 rings (SSSR count). The molecule has 0 fully saturated rings.